The van der Waals surface area contributed by atoms with E-state index in [0.29, 0.717) is 0 Å². The van der Waals surface area contributed by atoms with Gasteiger partial charge in [0.25, 0.3) is 0 Å². The topological polar surface area (TPSA) is 3.24 Å². The molecule has 1 saturated heterocycles. The molecular weight excluding hydrogens is 122 g/mol. The molecule has 0 aromatic rings. The van der Waals surface area contributed by atoms with Gasteiger partial charge in [-0.2, -0.15) is 0 Å². The van der Waals surface area contributed by atoms with Crippen LogP contribution in [0, 0.1) is 0 Å². The summed E-state index contributed by atoms with van der Waals surface area (Å²) in [5, 5.41) is 0. The Kier molecular flexibility index (Phi) is 2.94. The van der Waals surface area contributed by atoms with Crippen molar-refractivity contribution in [2.24, 2.45) is 0 Å². The number of hydrogen-bond acceptors (Lipinski definition) is 1. The number of nitrogens with zero attached hydrogens (tertiary/aromatic N) is 1. The molecule has 0 spiro atoms. The van der Waals surface area contributed by atoms with Crippen LogP contribution >= 0.6 is 0 Å². The summed E-state index contributed by atoms with van der Waals surface area (Å²) in [5.41, 5.74) is 0. The van der Waals surface area contributed by atoms with Gasteiger partial charge in [0.2, 0.25) is 0 Å². The molecule has 0 aliphatic carbocycles. The minimum Gasteiger partial charge on any atom is -0.300 e. The Morgan fingerprint density at radius 1 is 1.40 bits per heavy atom. The van der Waals surface area contributed by atoms with Crippen LogP contribution in [-0.4, -0.2) is 24.5 Å². The molecule has 0 aromatic carbocycles. The van der Waals surface area contributed by atoms with Gasteiger partial charge in [0.1, 0.15) is 0 Å². The van der Waals surface area contributed by atoms with Gasteiger partial charge in [0, 0.05) is 6.04 Å². The van der Waals surface area contributed by atoms with Gasteiger partial charge in [-0.1, -0.05) is 18.6 Å². The Hall–Kier alpha value is -0.300. The molecule has 0 amide bonds. The number of rotatable bonds is 1. The standard InChI is InChI=1S/C9H17N/c1-3-6-9-7-4-5-8-10(9)2/h3,6,9H,4-5,7-8H2,1-2H3. The first-order chi connectivity index (χ1) is 4.84. The summed E-state index contributed by atoms with van der Waals surface area (Å²) in [5.74, 6) is 0. The minimum absolute atomic E-state index is 0.721. The normalized spacial score (nSPS) is 29.6. The molecule has 1 fully saturated rings. The molecule has 58 valence electrons. The molecule has 1 nitrogen and oxygen atoms in total. The summed E-state index contributed by atoms with van der Waals surface area (Å²) < 4.78 is 0. The van der Waals surface area contributed by atoms with Crippen LogP contribution in [0.15, 0.2) is 12.2 Å². The fourth-order valence-corrected chi connectivity index (χ4v) is 1.57. The lowest BCUT2D eigenvalue weighted by atomic mass is 10.0. The molecule has 1 aliphatic heterocycles. The quantitative estimate of drug-likeness (QED) is 0.502. The van der Waals surface area contributed by atoms with Gasteiger partial charge in [-0.05, 0) is 33.4 Å². The van der Waals surface area contributed by atoms with Crippen molar-refractivity contribution in [3.8, 4) is 0 Å². The Bertz CT molecular complexity index is 118. The highest BCUT2D eigenvalue weighted by molar-refractivity contribution is 4.93. The molecule has 0 bridgehead atoms. The summed E-state index contributed by atoms with van der Waals surface area (Å²) in [6.07, 6.45) is 8.59. The van der Waals surface area contributed by atoms with E-state index < -0.39 is 0 Å². The van der Waals surface area contributed by atoms with E-state index in [0.717, 1.165) is 6.04 Å². The molecule has 1 heterocycles. The van der Waals surface area contributed by atoms with Crippen LogP contribution in [0.25, 0.3) is 0 Å². The van der Waals surface area contributed by atoms with Crippen molar-refractivity contribution in [3.05, 3.63) is 12.2 Å². The smallest absolute Gasteiger partial charge is 0.0275 e. The van der Waals surface area contributed by atoms with E-state index in [-0.39, 0.29) is 0 Å². The van der Waals surface area contributed by atoms with Crippen LogP contribution in [0.3, 0.4) is 0 Å². The van der Waals surface area contributed by atoms with Crippen LogP contribution in [-0.2, 0) is 0 Å². The number of hydrogen-bond donors (Lipinski definition) is 0. The third kappa shape index (κ3) is 1.84. The van der Waals surface area contributed by atoms with Crippen molar-refractivity contribution in [2.45, 2.75) is 32.2 Å². The molecule has 1 unspecified atom stereocenters. The van der Waals surface area contributed by atoms with Crippen molar-refractivity contribution < 1.29 is 0 Å². The van der Waals surface area contributed by atoms with E-state index >= 15 is 0 Å². The van der Waals surface area contributed by atoms with E-state index in [1.165, 1.54) is 25.8 Å². The van der Waals surface area contributed by atoms with Gasteiger partial charge in [-0.3, -0.25) is 4.90 Å². The third-order valence-corrected chi connectivity index (χ3v) is 2.24. The van der Waals surface area contributed by atoms with Gasteiger partial charge >= 0.3 is 0 Å². The molecule has 1 atom stereocenters. The van der Waals surface area contributed by atoms with Gasteiger partial charge in [0.15, 0.2) is 0 Å². The van der Waals surface area contributed by atoms with Crippen LogP contribution in [0.1, 0.15) is 26.2 Å². The highest BCUT2D eigenvalue weighted by Gasteiger charge is 2.14. The van der Waals surface area contributed by atoms with E-state index in [1.54, 1.807) is 0 Å². The molecule has 0 N–H and O–H groups in total. The fourth-order valence-electron chi connectivity index (χ4n) is 1.57. The lowest BCUT2D eigenvalue weighted by Gasteiger charge is -2.29. The molecular formula is C9H17N. The SMILES string of the molecule is CC=CC1CCCCN1C. The summed E-state index contributed by atoms with van der Waals surface area (Å²) in [6.45, 7) is 3.37. The first kappa shape index (κ1) is 7.80. The average Bonchev–Trinajstić information content (AvgIpc) is 1.94. The number of allylic oxidation sites excluding steroid dienone is 1. The van der Waals surface area contributed by atoms with Gasteiger partial charge in [-0.15, -0.1) is 0 Å². The van der Waals surface area contributed by atoms with Crippen LogP contribution in [0.2, 0.25) is 0 Å². The van der Waals surface area contributed by atoms with Gasteiger partial charge in [0.05, 0.1) is 0 Å². The van der Waals surface area contributed by atoms with Crippen LogP contribution in [0.4, 0.5) is 0 Å². The Morgan fingerprint density at radius 2 is 2.20 bits per heavy atom. The largest absolute Gasteiger partial charge is 0.300 e. The predicted octanol–water partition coefficient (Wildman–Crippen LogP) is 2.05. The van der Waals surface area contributed by atoms with E-state index in [1.807, 2.05) is 0 Å². The van der Waals surface area contributed by atoms with Gasteiger partial charge in [-0.25, -0.2) is 0 Å². The molecule has 10 heavy (non-hydrogen) atoms. The zero-order valence-corrected chi connectivity index (χ0v) is 7.01. The Balaban J connectivity index is 2.39. The summed E-state index contributed by atoms with van der Waals surface area (Å²) in [6, 6.07) is 0.721. The lowest BCUT2D eigenvalue weighted by molar-refractivity contribution is 0.222. The van der Waals surface area contributed by atoms with Crippen molar-refractivity contribution >= 4 is 0 Å². The second-order valence-electron chi connectivity index (χ2n) is 3.07. The number of likely N-dealkylation sites (tertiary alicyclic amines) is 1. The molecule has 0 aromatic heterocycles. The predicted molar refractivity (Wildman–Crippen MR) is 45.1 cm³/mol. The van der Waals surface area contributed by atoms with Crippen molar-refractivity contribution in [2.75, 3.05) is 13.6 Å². The average molecular weight is 139 g/mol. The summed E-state index contributed by atoms with van der Waals surface area (Å²) in [7, 11) is 2.21. The first-order valence-corrected chi connectivity index (χ1v) is 4.17. The molecule has 1 heteroatoms. The van der Waals surface area contributed by atoms with Gasteiger partial charge < -0.3 is 0 Å². The van der Waals surface area contributed by atoms with Crippen LogP contribution < -0.4 is 0 Å². The van der Waals surface area contributed by atoms with Crippen molar-refractivity contribution in [3.63, 3.8) is 0 Å². The zero-order valence-electron chi connectivity index (χ0n) is 7.01. The van der Waals surface area contributed by atoms with Crippen LogP contribution in [0.5, 0.6) is 0 Å². The maximum Gasteiger partial charge on any atom is 0.0275 e. The maximum absolute atomic E-state index is 2.43. The molecule has 1 rings (SSSR count). The summed E-state index contributed by atoms with van der Waals surface area (Å²) in [4.78, 5) is 2.43. The molecule has 0 saturated carbocycles. The molecule has 0 radical (unpaired) electrons. The monoisotopic (exact) mass is 139 g/mol. The van der Waals surface area contributed by atoms with E-state index in [2.05, 4.69) is 31.0 Å². The Labute approximate surface area is 63.7 Å². The minimum atomic E-state index is 0.721. The molecule has 1 aliphatic rings. The maximum atomic E-state index is 2.43. The second kappa shape index (κ2) is 3.77. The first-order valence-electron chi connectivity index (χ1n) is 4.17. The zero-order chi connectivity index (χ0) is 7.40. The second-order valence-corrected chi connectivity index (χ2v) is 3.07. The Morgan fingerprint density at radius 3 is 2.80 bits per heavy atom. The van der Waals surface area contributed by atoms with Crippen molar-refractivity contribution in [1.29, 1.82) is 0 Å². The fraction of sp³-hybridized carbons (Fsp3) is 0.778. The van der Waals surface area contributed by atoms with E-state index in [9.17, 15) is 0 Å². The highest BCUT2D eigenvalue weighted by atomic mass is 15.1. The number of likely N-dealkylation sites (N-methyl/N-ethyl adjacent to an activating group) is 1. The van der Waals surface area contributed by atoms with E-state index in [4.69, 9.17) is 0 Å². The third-order valence-electron chi connectivity index (χ3n) is 2.24. The highest BCUT2D eigenvalue weighted by Crippen LogP contribution is 2.15. The summed E-state index contributed by atoms with van der Waals surface area (Å²) >= 11 is 0. The lowest BCUT2D eigenvalue weighted by Crippen LogP contribution is -2.34. The van der Waals surface area contributed by atoms with Crippen molar-refractivity contribution in [1.82, 2.24) is 4.90 Å². The number of piperidine rings is 1.